The lowest BCUT2D eigenvalue weighted by Gasteiger charge is -2.34. The predicted octanol–water partition coefficient (Wildman–Crippen LogP) is 5.39. The largest absolute Gasteiger partial charge is 0.354 e. The number of aryl methyl sites for hydroxylation is 2. The molecule has 2 amide bonds. The number of hydrogen-bond donors (Lipinski definition) is 1. The number of nitrogens with one attached hydrogen (secondary N) is 1. The van der Waals surface area contributed by atoms with Gasteiger partial charge in [-0.2, -0.15) is 0 Å². The van der Waals surface area contributed by atoms with Crippen molar-refractivity contribution in [2.75, 3.05) is 17.4 Å². The first-order valence-corrected chi connectivity index (χ1v) is 15.2. The number of hydrogen-bond acceptors (Lipinski definition) is 4. The summed E-state index contributed by atoms with van der Waals surface area (Å²) in [6.45, 7) is 11.8. The molecule has 1 unspecified atom stereocenters. The van der Waals surface area contributed by atoms with Gasteiger partial charge in [-0.25, -0.2) is 8.42 Å². The third-order valence-electron chi connectivity index (χ3n) is 7.00. The van der Waals surface area contributed by atoms with Gasteiger partial charge in [0, 0.05) is 13.1 Å². The van der Waals surface area contributed by atoms with Crippen molar-refractivity contribution < 1.29 is 18.0 Å². The average Bonchev–Trinajstić information content (AvgIpc) is 2.93. The van der Waals surface area contributed by atoms with E-state index >= 15 is 0 Å². The minimum atomic E-state index is -4.09. The first kappa shape index (κ1) is 30.9. The molecule has 0 aliphatic heterocycles. The maximum Gasteiger partial charge on any atom is 0.264 e. The molecular weight excluding hydrogens is 522 g/mol. The first-order chi connectivity index (χ1) is 18.9. The second-order valence-corrected chi connectivity index (χ2v) is 12.5. The van der Waals surface area contributed by atoms with E-state index in [1.54, 1.807) is 30.3 Å². The summed E-state index contributed by atoms with van der Waals surface area (Å²) >= 11 is 0. The summed E-state index contributed by atoms with van der Waals surface area (Å²) < 4.78 is 29.1. The van der Waals surface area contributed by atoms with Gasteiger partial charge < -0.3 is 10.2 Å². The fourth-order valence-corrected chi connectivity index (χ4v) is 5.96. The fraction of sp³-hybridized carbons (Fsp3) is 0.375. The first-order valence-electron chi connectivity index (χ1n) is 13.7. The van der Waals surface area contributed by atoms with Crippen LogP contribution in [0.25, 0.3) is 0 Å². The second-order valence-electron chi connectivity index (χ2n) is 10.6. The molecule has 0 bridgehead atoms. The Hall–Kier alpha value is -3.65. The maximum absolute atomic E-state index is 14.2. The number of carbonyl (C=O) groups is 2. The number of amides is 2. The van der Waals surface area contributed by atoms with Crippen molar-refractivity contribution in [2.45, 2.75) is 65.4 Å². The molecule has 8 heteroatoms. The summed E-state index contributed by atoms with van der Waals surface area (Å²) in [6.07, 6.45) is 0.385. The van der Waals surface area contributed by atoms with Gasteiger partial charge in [0.2, 0.25) is 11.8 Å². The number of anilines is 1. The van der Waals surface area contributed by atoms with Crippen molar-refractivity contribution >= 4 is 27.5 Å². The Morgan fingerprint density at radius 2 is 1.52 bits per heavy atom. The highest BCUT2D eigenvalue weighted by atomic mass is 32.2. The van der Waals surface area contributed by atoms with Crippen LogP contribution in [0.3, 0.4) is 0 Å². The zero-order valence-electron chi connectivity index (χ0n) is 24.3. The molecule has 1 atom stereocenters. The Morgan fingerprint density at radius 3 is 2.12 bits per heavy atom. The number of carbonyl (C=O) groups excluding carboxylic acids is 2. The van der Waals surface area contributed by atoms with Crippen LogP contribution < -0.4 is 9.62 Å². The average molecular weight is 564 g/mol. The topological polar surface area (TPSA) is 86.8 Å². The summed E-state index contributed by atoms with van der Waals surface area (Å²) in [5.74, 6) is -0.452. The molecule has 1 N–H and O–H groups in total. The minimum absolute atomic E-state index is 0.0931. The number of benzene rings is 3. The Labute approximate surface area is 239 Å². The number of rotatable bonds is 12. The van der Waals surface area contributed by atoms with Crippen molar-refractivity contribution in [1.82, 2.24) is 10.2 Å². The molecule has 3 rings (SSSR count). The number of nitrogens with zero attached hydrogens (tertiary/aromatic N) is 2. The Bertz CT molecular complexity index is 1400. The quantitative estimate of drug-likeness (QED) is 0.320. The van der Waals surface area contributed by atoms with Crippen LogP contribution in [0.15, 0.2) is 77.7 Å². The van der Waals surface area contributed by atoms with Crippen LogP contribution in [-0.4, -0.2) is 44.3 Å². The zero-order chi connectivity index (χ0) is 29.4. The molecule has 0 spiro atoms. The van der Waals surface area contributed by atoms with Crippen molar-refractivity contribution in [3.05, 3.63) is 95.1 Å². The molecule has 7 nitrogen and oxygen atoms in total. The minimum Gasteiger partial charge on any atom is -0.354 e. The molecule has 3 aromatic carbocycles. The van der Waals surface area contributed by atoms with Gasteiger partial charge in [0.25, 0.3) is 10.0 Å². The highest BCUT2D eigenvalue weighted by Crippen LogP contribution is 2.29. The van der Waals surface area contributed by atoms with E-state index in [1.165, 1.54) is 21.3 Å². The molecule has 40 heavy (non-hydrogen) atoms. The SMILES string of the molecule is CCC(C(=O)NCC(C)C)N(Cc1ccc(C)cc1)C(=O)CN(c1cccc(C)c1C)S(=O)(=O)c1ccccc1. The van der Waals surface area contributed by atoms with E-state index in [1.807, 2.05) is 71.9 Å². The van der Waals surface area contributed by atoms with Gasteiger partial charge in [0.1, 0.15) is 12.6 Å². The van der Waals surface area contributed by atoms with Crippen LogP contribution in [0.4, 0.5) is 5.69 Å². The van der Waals surface area contributed by atoms with Gasteiger partial charge in [-0.15, -0.1) is 0 Å². The smallest absolute Gasteiger partial charge is 0.264 e. The van der Waals surface area contributed by atoms with Crippen molar-refractivity contribution in [2.24, 2.45) is 5.92 Å². The highest BCUT2D eigenvalue weighted by molar-refractivity contribution is 7.92. The lowest BCUT2D eigenvalue weighted by Crippen LogP contribution is -2.52. The molecule has 0 heterocycles. The zero-order valence-corrected chi connectivity index (χ0v) is 25.2. The number of sulfonamides is 1. The highest BCUT2D eigenvalue weighted by Gasteiger charge is 2.34. The van der Waals surface area contributed by atoms with E-state index < -0.39 is 28.5 Å². The van der Waals surface area contributed by atoms with Gasteiger partial charge in [-0.05, 0) is 68.0 Å². The molecule has 0 saturated heterocycles. The summed E-state index contributed by atoms with van der Waals surface area (Å²) in [4.78, 5) is 29.1. The van der Waals surface area contributed by atoms with E-state index in [-0.39, 0.29) is 23.3 Å². The summed E-state index contributed by atoms with van der Waals surface area (Å²) in [5, 5.41) is 2.96. The molecular formula is C32H41N3O4S. The third kappa shape index (κ3) is 7.50. The van der Waals surface area contributed by atoms with E-state index in [0.717, 1.165) is 22.3 Å². The Morgan fingerprint density at radius 1 is 0.875 bits per heavy atom. The van der Waals surface area contributed by atoms with E-state index in [0.29, 0.717) is 18.7 Å². The van der Waals surface area contributed by atoms with E-state index in [4.69, 9.17) is 0 Å². The third-order valence-corrected chi connectivity index (χ3v) is 8.77. The molecule has 0 fully saturated rings. The van der Waals surface area contributed by atoms with Crippen molar-refractivity contribution in [3.8, 4) is 0 Å². The molecule has 214 valence electrons. The fourth-order valence-electron chi connectivity index (χ4n) is 4.47. The summed E-state index contributed by atoms with van der Waals surface area (Å²) in [6, 6.07) is 20.5. The molecule has 0 saturated carbocycles. The van der Waals surface area contributed by atoms with Crippen LogP contribution in [0.1, 0.15) is 49.4 Å². The van der Waals surface area contributed by atoms with Gasteiger partial charge in [0.05, 0.1) is 10.6 Å². The van der Waals surface area contributed by atoms with E-state index in [9.17, 15) is 18.0 Å². The van der Waals surface area contributed by atoms with Crippen LogP contribution in [0.5, 0.6) is 0 Å². The lowest BCUT2D eigenvalue weighted by molar-refractivity contribution is -0.140. The van der Waals surface area contributed by atoms with Gasteiger partial charge in [-0.1, -0.05) is 80.9 Å². The Balaban J connectivity index is 2.07. The Kier molecular flexibility index (Phi) is 10.5. The molecule has 0 aliphatic rings. The predicted molar refractivity (Wildman–Crippen MR) is 161 cm³/mol. The molecule has 0 aromatic heterocycles. The lowest BCUT2D eigenvalue weighted by atomic mass is 10.1. The van der Waals surface area contributed by atoms with Crippen molar-refractivity contribution in [1.29, 1.82) is 0 Å². The standard InChI is InChI=1S/C32H41N3O4S/c1-7-29(32(37)33-20-23(2)3)34(21-27-18-16-24(4)17-19-27)31(36)22-35(30-15-11-12-25(5)26(30)6)40(38,39)28-13-9-8-10-14-28/h8-19,23,29H,7,20-22H2,1-6H3,(H,33,37). The van der Waals surface area contributed by atoms with Crippen molar-refractivity contribution in [3.63, 3.8) is 0 Å². The summed E-state index contributed by atoms with van der Waals surface area (Å²) in [7, 11) is -4.09. The second kappa shape index (κ2) is 13.6. The van der Waals surface area contributed by atoms with Crippen LogP contribution >= 0.6 is 0 Å². The normalized spacial score (nSPS) is 12.2. The van der Waals surface area contributed by atoms with Crippen LogP contribution in [-0.2, 0) is 26.2 Å². The summed E-state index contributed by atoms with van der Waals surface area (Å²) in [5.41, 5.74) is 4.05. The monoisotopic (exact) mass is 563 g/mol. The maximum atomic E-state index is 14.2. The molecule has 0 aliphatic carbocycles. The van der Waals surface area contributed by atoms with Gasteiger partial charge in [0.15, 0.2) is 0 Å². The van der Waals surface area contributed by atoms with Crippen LogP contribution in [0, 0.1) is 26.7 Å². The molecule has 3 aromatic rings. The van der Waals surface area contributed by atoms with Crippen LogP contribution in [0.2, 0.25) is 0 Å². The van der Waals surface area contributed by atoms with Gasteiger partial charge >= 0.3 is 0 Å². The van der Waals surface area contributed by atoms with E-state index in [2.05, 4.69) is 5.32 Å². The van der Waals surface area contributed by atoms with Gasteiger partial charge in [-0.3, -0.25) is 13.9 Å². The molecule has 0 radical (unpaired) electrons.